The van der Waals surface area contributed by atoms with E-state index in [0.29, 0.717) is 0 Å². The smallest absolute Gasteiger partial charge is 0.162 e. The number of hydroxylamine groups is 2. The molecule has 1 aromatic heterocycles. The average Bonchev–Trinajstić information content (AvgIpc) is 2.89. The molecule has 2 aliphatic rings. The largest absolute Gasteiger partial charge is 0.404 e. The van der Waals surface area contributed by atoms with Crippen LogP contribution in [0, 0.1) is 0 Å². The second-order valence-electron chi connectivity index (χ2n) is 4.25. The lowest BCUT2D eigenvalue weighted by atomic mass is 9.99. The van der Waals surface area contributed by atoms with Crippen LogP contribution >= 0.6 is 11.3 Å². The first kappa shape index (κ1) is 10.3. The molecule has 1 saturated heterocycles. The van der Waals surface area contributed by atoms with E-state index in [1.807, 2.05) is 10.4 Å². The minimum absolute atomic E-state index is 0.0959. The van der Waals surface area contributed by atoms with Gasteiger partial charge in [-0.05, 0) is 24.8 Å². The Kier molecular flexibility index (Phi) is 2.67. The molecule has 0 bridgehead atoms. The molecule has 0 radical (unpaired) electrons. The second kappa shape index (κ2) is 4.16. The van der Waals surface area contributed by atoms with Crippen LogP contribution in [0.15, 0.2) is 10.8 Å². The molecule has 0 spiro atoms. The molecule has 1 aromatic rings. The van der Waals surface area contributed by atoms with Gasteiger partial charge in [-0.25, -0.2) is 0 Å². The van der Waals surface area contributed by atoms with Crippen molar-refractivity contribution in [2.75, 3.05) is 6.54 Å². The van der Waals surface area contributed by atoms with Gasteiger partial charge in [0.2, 0.25) is 0 Å². The van der Waals surface area contributed by atoms with Gasteiger partial charge in [0.15, 0.2) is 5.75 Å². The molecule has 2 atom stereocenters. The van der Waals surface area contributed by atoms with Gasteiger partial charge in [0.05, 0.1) is 18.6 Å². The summed E-state index contributed by atoms with van der Waals surface area (Å²) < 4.78 is 0. The van der Waals surface area contributed by atoms with E-state index < -0.39 is 0 Å². The quantitative estimate of drug-likeness (QED) is 0.786. The second-order valence-corrected chi connectivity index (χ2v) is 5.00. The molecule has 1 unspecified atom stereocenters. The number of thiophene rings is 1. The maximum absolute atomic E-state index is 11.0. The number of carbonyl (C=O) groups is 1. The van der Waals surface area contributed by atoms with E-state index in [-0.39, 0.29) is 12.1 Å². The van der Waals surface area contributed by atoms with Crippen LogP contribution in [0.2, 0.25) is 0 Å². The maximum atomic E-state index is 11.0. The lowest BCUT2D eigenvalue weighted by molar-refractivity contribution is -0.124. The molecule has 4 nitrogen and oxygen atoms in total. The Morgan fingerprint density at radius 3 is 3.31 bits per heavy atom. The first-order valence-corrected chi connectivity index (χ1v) is 6.51. The third-order valence-corrected chi connectivity index (χ3v) is 4.00. The van der Waals surface area contributed by atoms with Crippen LogP contribution in [0.25, 0.3) is 0 Å². The van der Waals surface area contributed by atoms with Gasteiger partial charge in [-0.2, -0.15) is 0 Å². The maximum Gasteiger partial charge on any atom is 0.162 e. The van der Waals surface area contributed by atoms with Gasteiger partial charge in [-0.3, -0.25) is 0 Å². The molecule has 0 saturated carbocycles. The van der Waals surface area contributed by atoms with Gasteiger partial charge in [0.1, 0.15) is 6.29 Å². The van der Waals surface area contributed by atoms with Gasteiger partial charge < -0.3 is 14.9 Å². The van der Waals surface area contributed by atoms with Crippen molar-refractivity contribution >= 4 is 17.6 Å². The zero-order valence-corrected chi connectivity index (χ0v) is 9.70. The van der Waals surface area contributed by atoms with Gasteiger partial charge in [-0.15, -0.1) is 16.4 Å². The molecule has 0 amide bonds. The van der Waals surface area contributed by atoms with Crippen LogP contribution in [-0.2, 0) is 11.3 Å². The number of rotatable bonds is 2. The van der Waals surface area contributed by atoms with E-state index in [2.05, 4.69) is 10.7 Å². The van der Waals surface area contributed by atoms with Crippen LogP contribution in [0.3, 0.4) is 0 Å². The molecule has 86 valence electrons. The topological polar surface area (TPSA) is 41.6 Å². The standard InChI is InChI=1S/C11H14N2O2S/c14-5-9-10(2-1-3-12-9)13-4-8-6-16-7-11(8)15-13/h5-7,9-10,12H,1-4H2/t9?,10-/m1/s1. The molecule has 5 heteroatoms. The first-order chi connectivity index (χ1) is 7.88. The third kappa shape index (κ3) is 1.65. The predicted octanol–water partition coefficient (Wildman–Crippen LogP) is 1.18. The number of aldehydes is 1. The summed E-state index contributed by atoms with van der Waals surface area (Å²) in [6.07, 6.45) is 3.12. The normalized spacial score (nSPS) is 29.8. The van der Waals surface area contributed by atoms with E-state index in [1.165, 1.54) is 5.56 Å². The van der Waals surface area contributed by atoms with Gasteiger partial charge in [-0.1, -0.05) is 0 Å². The fourth-order valence-corrected chi connectivity index (χ4v) is 3.12. The first-order valence-electron chi connectivity index (χ1n) is 5.57. The highest BCUT2D eigenvalue weighted by Gasteiger charge is 2.35. The number of hydrogen-bond acceptors (Lipinski definition) is 5. The summed E-state index contributed by atoms with van der Waals surface area (Å²) in [5.74, 6) is 0.959. The molecule has 3 heterocycles. The lowest BCUT2D eigenvalue weighted by Gasteiger charge is -2.34. The van der Waals surface area contributed by atoms with Gasteiger partial charge in [0.25, 0.3) is 0 Å². The van der Waals surface area contributed by atoms with E-state index in [1.54, 1.807) is 11.3 Å². The van der Waals surface area contributed by atoms with Crippen molar-refractivity contribution in [3.63, 3.8) is 0 Å². The number of piperidine rings is 1. The number of nitrogens with one attached hydrogen (secondary N) is 1. The van der Waals surface area contributed by atoms with Crippen molar-refractivity contribution < 1.29 is 9.63 Å². The molecule has 3 rings (SSSR count). The van der Waals surface area contributed by atoms with Gasteiger partial charge in [0, 0.05) is 10.9 Å². The summed E-state index contributed by atoms with van der Waals surface area (Å²) in [6.45, 7) is 1.73. The summed E-state index contributed by atoms with van der Waals surface area (Å²) in [5, 5.41) is 9.30. The van der Waals surface area contributed by atoms with Crippen LogP contribution in [-0.4, -0.2) is 30.0 Å². The highest BCUT2D eigenvalue weighted by molar-refractivity contribution is 7.08. The van der Waals surface area contributed by atoms with Crippen molar-refractivity contribution in [1.29, 1.82) is 0 Å². The molecule has 2 aliphatic heterocycles. The zero-order valence-electron chi connectivity index (χ0n) is 8.89. The average molecular weight is 238 g/mol. The number of carbonyl (C=O) groups excluding carboxylic acids is 1. The van der Waals surface area contributed by atoms with Crippen LogP contribution in [0.5, 0.6) is 5.75 Å². The molecule has 0 aliphatic carbocycles. The van der Waals surface area contributed by atoms with Crippen molar-refractivity contribution in [3.05, 3.63) is 16.3 Å². The van der Waals surface area contributed by atoms with Crippen LogP contribution in [0.1, 0.15) is 18.4 Å². The molecule has 1 fully saturated rings. The Morgan fingerprint density at radius 2 is 2.50 bits per heavy atom. The van der Waals surface area contributed by atoms with Crippen molar-refractivity contribution in [2.45, 2.75) is 31.5 Å². The Morgan fingerprint density at radius 1 is 1.56 bits per heavy atom. The summed E-state index contributed by atoms with van der Waals surface area (Å²) in [6, 6.07) is 0.0741. The Labute approximate surface area is 98.2 Å². The zero-order chi connectivity index (χ0) is 11.0. The van der Waals surface area contributed by atoms with Crippen molar-refractivity contribution in [2.24, 2.45) is 0 Å². The predicted molar refractivity (Wildman–Crippen MR) is 61.4 cm³/mol. The summed E-state index contributed by atoms with van der Waals surface area (Å²) in [7, 11) is 0. The van der Waals surface area contributed by atoms with Crippen LogP contribution in [0.4, 0.5) is 0 Å². The minimum atomic E-state index is -0.0959. The molecular formula is C11H14N2O2S. The monoisotopic (exact) mass is 238 g/mol. The summed E-state index contributed by atoms with van der Waals surface area (Å²) in [5.41, 5.74) is 1.24. The Balaban J connectivity index is 1.74. The van der Waals surface area contributed by atoms with E-state index in [0.717, 1.165) is 38.0 Å². The minimum Gasteiger partial charge on any atom is -0.404 e. The molecule has 0 aromatic carbocycles. The molecule has 1 N–H and O–H groups in total. The molecule has 16 heavy (non-hydrogen) atoms. The highest BCUT2D eigenvalue weighted by atomic mass is 32.1. The Bertz CT molecular complexity index is 373. The number of fused-ring (bicyclic) bond motifs is 1. The highest BCUT2D eigenvalue weighted by Crippen LogP contribution is 2.34. The summed E-state index contributed by atoms with van der Waals surface area (Å²) >= 11 is 1.66. The number of hydrogen-bond donors (Lipinski definition) is 1. The van der Waals surface area contributed by atoms with Crippen LogP contribution < -0.4 is 10.2 Å². The lowest BCUT2D eigenvalue weighted by Crippen LogP contribution is -2.54. The Hall–Kier alpha value is -0.910. The fraction of sp³-hybridized carbons (Fsp3) is 0.545. The van der Waals surface area contributed by atoms with Gasteiger partial charge >= 0.3 is 0 Å². The van der Waals surface area contributed by atoms with E-state index >= 15 is 0 Å². The number of nitrogens with zero attached hydrogens (tertiary/aromatic N) is 1. The summed E-state index contributed by atoms with van der Waals surface area (Å²) in [4.78, 5) is 16.8. The SMILES string of the molecule is O=CC1NCCC[C@H]1N1Cc2cscc2O1. The molecular weight excluding hydrogens is 224 g/mol. The third-order valence-electron chi connectivity index (χ3n) is 3.23. The fourth-order valence-electron chi connectivity index (χ4n) is 2.38. The van der Waals surface area contributed by atoms with E-state index in [4.69, 9.17) is 4.84 Å². The van der Waals surface area contributed by atoms with Crippen molar-refractivity contribution in [3.8, 4) is 5.75 Å². The van der Waals surface area contributed by atoms with E-state index in [9.17, 15) is 4.79 Å². The van der Waals surface area contributed by atoms with Crippen molar-refractivity contribution in [1.82, 2.24) is 10.4 Å².